The van der Waals surface area contributed by atoms with Crippen LogP contribution in [0.4, 0.5) is 0 Å². The molecule has 2 aromatic rings. The first-order valence-corrected chi connectivity index (χ1v) is 7.81. The van der Waals surface area contributed by atoms with Crippen molar-refractivity contribution in [3.63, 3.8) is 0 Å². The van der Waals surface area contributed by atoms with Gasteiger partial charge < -0.3 is 10.3 Å². The smallest absolute Gasteiger partial charge is 0.109 e. The first-order chi connectivity index (χ1) is 9.65. The summed E-state index contributed by atoms with van der Waals surface area (Å²) in [6.45, 7) is 8.47. The lowest BCUT2D eigenvalue weighted by Gasteiger charge is -2.11. The molecule has 2 N–H and O–H groups in total. The summed E-state index contributed by atoms with van der Waals surface area (Å²) in [7, 11) is 0. The highest BCUT2D eigenvalue weighted by atomic mass is 15.1. The summed E-state index contributed by atoms with van der Waals surface area (Å²) >= 11 is 0. The molecule has 1 aromatic carbocycles. The Morgan fingerprint density at radius 2 is 2.10 bits per heavy atom. The zero-order valence-corrected chi connectivity index (χ0v) is 13.0. The number of aryl methyl sites for hydroxylation is 3. The Morgan fingerprint density at radius 1 is 1.30 bits per heavy atom. The maximum absolute atomic E-state index is 5.63. The van der Waals surface area contributed by atoms with E-state index < -0.39 is 0 Å². The van der Waals surface area contributed by atoms with Gasteiger partial charge in [0.25, 0.3) is 0 Å². The Bertz CT molecular complexity index is 557. The molecule has 3 nitrogen and oxygen atoms in total. The van der Waals surface area contributed by atoms with E-state index >= 15 is 0 Å². The van der Waals surface area contributed by atoms with E-state index in [1.165, 1.54) is 23.3 Å². The second-order valence-corrected chi connectivity index (χ2v) is 5.89. The Labute approximate surface area is 122 Å². The fourth-order valence-corrected chi connectivity index (χ4v) is 2.76. The summed E-state index contributed by atoms with van der Waals surface area (Å²) in [6, 6.07) is 6.57. The average Bonchev–Trinajstić information content (AvgIpc) is 2.74. The van der Waals surface area contributed by atoms with Crippen molar-refractivity contribution >= 4 is 11.0 Å². The number of nitrogens with two attached hydrogens (primary N) is 1. The minimum atomic E-state index is 0.677. The maximum Gasteiger partial charge on any atom is 0.109 e. The molecule has 0 radical (unpaired) electrons. The van der Waals surface area contributed by atoms with Crippen molar-refractivity contribution in [2.24, 2.45) is 11.7 Å². The largest absolute Gasteiger partial charge is 0.330 e. The lowest BCUT2D eigenvalue weighted by Crippen LogP contribution is -2.09. The highest BCUT2D eigenvalue weighted by molar-refractivity contribution is 5.76. The standard InChI is InChI=1S/C17H27N3/c1-4-11-20-16-7-5-14(3)12-15(16)19-17(20)8-6-13(2)9-10-18/h5,7,12-13H,4,6,8-11,18H2,1-3H3. The molecule has 0 bridgehead atoms. The average molecular weight is 273 g/mol. The van der Waals surface area contributed by atoms with Crippen LogP contribution in [0, 0.1) is 12.8 Å². The third-order valence-electron chi connectivity index (χ3n) is 3.95. The molecule has 0 amide bonds. The van der Waals surface area contributed by atoms with Gasteiger partial charge in [0.15, 0.2) is 0 Å². The SMILES string of the molecule is CCCn1c(CCC(C)CCN)nc2cc(C)ccc21. The quantitative estimate of drug-likeness (QED) is 0.836. The first kappa shape index (κ1) is 15.0. The fraction of sp³-hybridized carbons (Fsp3) is 0.588. The summed E-state index contributed by atoms with van der Waals surface area (Å²) in [5.74, 6) is 1.91. The molecule has 0 saturated heterocycles. The monoisotopic (exact) mass is 273 g/mol. The molecule has 0 spiro atoms. The third kappa shape index (κ3) is 3.40. The Hall–Kier alpha value is -1.35. The Morgan fingerprint density at radius 3 is 2.80 bits per heavy atom. The van der Waals surface area contributed by atoms with Crippen LogP contribution in [-0.4, -0.2) is 16.1 Å². The van der Waals surface area contributed by atoms with Crippen molar-refractivity contribution < 1.29 is 0 Å². The molecule has 1 atom stereocenters. The minimum Gasteiger partial charge on any atom is -0.330 e. The van der Waals surface area contributed by atoms with E-state index in [-0.39, 0.29) is 0 Å². The summed E-state index contributed by atoms with van der Waals surface area (Å²) in [5.41, 5.74) is 9.33. The van der Waals surface area contributed by atoms with Crippen molar-refractivity contribution in [2.45, 2.75) is 53.0 Å². The Balaban J connectivity index is 2.24. The topological polar surface area (TPSA) is 43.8 Å². The molecule has 0 aliphatic carbocycles. The van der Waals surface area contributed by atoms with Gasteiger partial charge in [-0.05, 0) is 56.3 Å². The van der Waals surface area contributed by atoms with Crippen LogP contribution in [0.15, 0.2) is 18.2 Å². The summed E-state index contributed by atoms with van der Waals surface area (Å²) in [5, 5.41) is 0. The van der Waals surface area contributed by atoms with Crippen LogP contribution in [0.3, 0.4) is 0 Å². The lowest BCUT2D eigenvalue weighted by molar-refractivity contribution is 0.486. The number of nitrogens with zero attached hydrogens (tertiary/aromatic N) is 2. The van der Waals surface area contributed by atoms with Crippen molar-refractivity contribution in [2.75, 3.05) is 6.54 Å². The predicted molar refractivity (Wildman–Crippen MR) is 85.9 cm³/mol. The van der Waals surface area contributed by atoms with Gasteiger partial charge in [0.05, 0.1) is 11.0 Å². The van der Waals surface area contributed by atoms with Crippen molar-refractivity contribution in [3.8, 4) is 0 Å². The minimum absolute atomic E-state index is 0.677. The number of imidazole rings is 1. The second-order valence-electron chi connectivity index (χ2n) is 5.89. The molecule has 3 heteroatoms. The van der Waals surface area contributed by atoms with Crippen molar-refractivity contribution in [1.82, 2.24) is 9.55 Å². The number of rotatable bonds is 7. The molecular weight excluding hydrogens is 246 g/mol. The van der Waals surface area contributed by atoms with Gasteiger partial charge in [0, 0.05) is 13.0 Å². The van der Waals surface area contributed by atoms with Gasteiger partial charge in [0.2, 0.25) is 0 Å². The lowest BCUT2D eigenvalue weighted by atomic mass is 10.0. The van der Waals surface area contributed by atoms with E-state index in [2.05, 4.69) is 43.5 Å². The Kier molecular flexibility index (Phi) is 5.18. The highest BCUT2D eigenvalue weighted by Crippen LogP contribution is 2.20. The zero-order valence-electron chi connectivity index (χ0n) is 13.0. The summed E-state index contributed by atoms with van der Waals surface area (Å²) in [4.78, 5) is 4.86. The molecular formula is C17H27N3. The van der Waals surface area contributed by atoms with E-state index in [4.69, 9.17) is 10.7 Å². The van der Waals surface area contributed by atoms with Gasteiger partial charge in [-0.3, -0.25) is 0 Å². The molecule has 0 saturated carbocycles. The van der Waals surface area contributed by atoms with Gasteiger partial charge in [-0.2, -0.15) is 0 Å². The fourth-order valence-electron chi connectivity index (χ4n) is 2.76. The zero-order chi connectivity index (χ0) is 14.5. The third-order valence-corrected chi connectivity index (χ3v) is 3.95. The van der Waals surface area contributed by atoms with E-state index in [1.54, 1.807) is 0 Å². The summed E-state index contributed by atoms with van der Waals surface area (Å²) in [6.07, 6.45) is 4.47. The van der Waals surface area contributed by atoms with Gasteiger partial charge in [-0.15, -0.1) is 0 Å². The van der Waals surface area contributed by atoms with Gasteiger partial charge in [0.1, 0.15) is 5.82 Å². The second kappa shape index (κ2) is 6.89. The molecule has 1 heterocycles. The van der Waals surface area contributed by atoms with Crippen LogP contribution in [0.1, 0.15) is 44.5 Å². The molecule has 1 unspecified atom stereocenters. The van der Waals surface area contributed by atoms with Crippen LogP contribution in [0.25, 0.3) is 11.0 Å². The number of hydrogen-bond acceptors (Lipinski definition) is 2. The van der Waals surface area contributed by atoms with E-state index in [0.717, 1.165) is 37.9 Å². The van der Waals surface area contributed by atoms with Crippen LogP contribution in [0.2, 0.25) is 0 Å². The van der Waals surface area contributed by atoms with Gasteiger partial charge in [-0.1, -0.05) is 19.9 Å². The van der Waals surface area contributed by atoms with E-state index in [9.17, 15) is 0 Å². The molecule has 2 rings (SSSR count). The predicted octanol–water partition coefficient (Wildman–Crippen LogP) is 3.67. The van der Waals surface area contributed by atoms with Crippen LogP contribution >= 0.6 is 0 Å². The highest BCUT2D eigenvalue weighted by Gasteiger charge is 2.11. The number of hydrogen-bond donors (Lipinski definition) is 1. The van der Waals surface area contributed by atoms with Gasteiger partial charge in [-0.25, -0.2) is 4.98 Å². The van der Waals surface area contributed by atoms with Crippen LogP contribution < -0.4 is 5.73 Å². The van der Waals surface area contributed by atoms with E-state index in [0.29, 0.717) is 5.92 Å². The normalized spacial score (nSPS) is 13.0. The van der Waals surface area contributed by atoms with Crippen LogP contribution in [-0.2, 0) is 13.0 Å². The maximum atomic E-state index is 5.63. The molecule has 0 aliphatic heterocycles. The molecule has 0 fully saturated rings. The first-order valence-electron chi connectivity index (χ1n) is 7.81. The van der Waals surface area contributed by atoms with Crippen molar-refractivity contribution in [3.05, 3.63) is 29.6 Å². The molecule has 1 aromatic heterocycles. The molecule has 20 heavy (non-hydrogen) atoms. The van der Waals surface area contributed by atoms with Crippen molar-refractivity contribution in [1.29, 1.82) is 0 Å². The summed E-state index contributed by atoms with van der Waals surface area (Å²) < 4.78 is 2.39. The van der Waals surface area contributed by atoms with Crippen LogP contribution in [0.5, 0.6) is 0 Å². The van der Waals surface area contributed by atoms with E-state index in [1.807, 2.05) is 0 Å². The van der Waals surface area contributed by atoms with Gasteiger partial charge >= 0.3 is 0 Å². The molecule has 110 valence electrons. The number of aromatic nitrogens is 2. The number of benzene rings is 1. The molecule has 0 aliphatic rings. The number of fused-ring (bicyclic) bond motifs is 1.